The van der Waals surface area contributed by atoms with Crippen LogP contribution in [0.15, 0.2) is 18.2 Å². The van der Waals surface area contributed by atoms with Crippen LogP contribution in [-0.4, -0.2) is 19.3 Å². The molecular weight excluding hydrogens is 229 g/mol. The third-order valence-electron chi connectivity index (χ3n) is 3.69. The summed E-state index contributed by atoms with van der Waals surface area (Å²) in [6.45, 7) is 7.88. The van der Waals surface area contributed by atoms with E-state index >= 15 is 0 Å². The number of aryl methyl sites for hydroxylation is 1. The van der Waals surface area contributed by atoms with Crippen LogP contribution in [0.2, 0.25) is 0 Å². The third kappa shape index (κ3) is 2.90. The SMILES string of the molecule is CCNC(c1ccc(F)cc1C)C1COC(C)C1. The molecule has 0 radical (unpaired) electrons. The van der Waals surface area contributed by atoms with Gasteiger partial charge in [0.15, 0.2) is 0 Å². The Morgan fingerprint density at radius 1 is 1.50 bits per heavy atom. The van der Waals surface area contributed by atoms with Crippen LogP contribution in [0.4, 0.5) is 4.39 Å². The van der Waals surface area contributed by atoms with E-state index in [9.17, 15) is 4.39 Å². The lowest BCUT2D eigenvalue weighted by atomic mass is 9.88. The zero-order valence-corrected chi connectivity index (χ0v) is 11.4. The Kier molecular flexibility index (Phi) is 4.36. The molecule has 0 amide bonds. The third-order valence-corrected chi connectivity index (χ3v) is 3.69. The van der Waals surface area contributed by atoms with Gasteiger partial charge in [-0.1, -0.05) is 13.0 Å². The molecule has 1 aromatic carbocycles. The van der Waals surface area contributed by atoms with Gasteiger partial charge in [-0.2, -0.15) is 0 Å². The minimum atomic E-state index is -0.164. The maximum Gasteiger partial charge on any atom is 0.123 e. The molecule has 1 heterocycles. The zero-order chi connectivity index (χ0) is 13.1. The number of ether oxygens (including phenoxy) is 1. The largest absolute Gasteiger partial charge is 0.378 e. The van der Waals surface area contributed by atoms with Crippen LogP contribution in [0.3, 0.4) is 0 Å². The van der Waals surface area contributed by atoms with Gasteiger partial charge in [-0.25, -0.2) is 4.39 Å². The van der Waals surface area contributed by atoms with Crippen LogP contribution in [0.1, 0.15) is 37.4 Å². The summed E-state index contributed by atoms with van der Waals surface area (Å²) in [5.74, 6) is 0.312. The topological polar surface area (TPSA) is 21.3 Å². The maximum atomic E-state index is 13.2. The Balaban J connectivity index is 2.23. The predicted octanol–water partition coefficient (Wildman–Crippen LogP) is 3.21. The molecule has 0 spiro atoms. The van der Waals surface area contributed by atoms with Crippen LogP contribution in [-0.2, 0) is 4.74 Å². The van der Waals surface area contributed by atoms with Crippen molar-refractivity contribution in [1.82, 2.24) is 5.32 Å². The molecular formula is C15H22FNO. The second-order valence-electron chi connectivity index (χ2n) is 5.18. The molecule has 2 nitrogen and oxygen atoms in total. The van der Waals surface area contributed by atoms with E-state index in [0.717, 1.165) is 25.1 Å². The second kappa shape index (κ2) is 5.81. The van der Waals surface area contributed by atoms with E-state index in [4.69, 9.17) is 4.74 Å². The molecule has 1 aliphatic rings. The number of hydrogen-bond donors (Lipinski definition) is 1. The predicted molar refractivity (Wildman–Crippen MR) is 71.1 cm³/mol. The fourth-order valence-electron chi connectivity index (χ4n) is 2.82. The van der Waals surface area contributed by atoms with Gasteiger partial charge in [0.25, 0.3) is 0 Å². The average molecular weight is 251 g/mol. The number of hydrogen-bond acceptors (Lipinski definition) is 2. The number of rotatable bonds is 4. The first-order valence-electron chi connectivity index (χ1n) is 6.72. The molecule has 1 fully saturated rings. The second-order valence-corrected chi connectivity index (χ2v) is 5.18. The van der Waals surface area contributed by atoms with Crippen molar-refractivity contribution >= 4 is 0 Å². The molecule has 18 heavy (non-hydrogen) atoms. The minimum Gasteiger partial charge on any atom is -0.378 e. The van der Waals surface area contributed by atoms with Gasteiger partial charge in [0, 0.05) is 12.0 Å². The van der Waals surface area contributed by atoms with Gasteiger partial charge >= 0.3 is 0 Å². The van der Waals surface area contributed by atoms with E-state index in [0.29, 0.717) is 12.0 Å². The quantitative estimate of drug-likeness (QED) is 0.887. The van der Waals surface area contributed by atoms with Gasteiger partial charge in [-0.05, 0) is 50.1 Å². The monoisotopic (exact) mass is 251 g/mol. The van der Waals surface area contributed by atoms with E-state index in [-0.39, 0.29) is 11.9 Å². The van der Waals surface area contributed by atoms with Crippen molar-refractivity contribution in [2.75, 3.05) is 13.2 Å². The lowest BCUT2D eigenvalue weighted by molar-refractivity contribution is 0.117. The highest BCUT2D eigenvalue weighted by Gasteiger charge is 2.30. The Bertz CT molecular complexity index is 407. The van der Waals surface area contributed by atoms with Crippen molar-refractivity contribution in [3.05, 3.63) is 35.1 Å². The molecule has 100 valence electrons. The lowest BCUT2D eigenvalue weighted by Gasteiger charge is -2.25. The fraction of sp³-hybridized carbons (Fsp3) is 0.600. The smallest absolute Gasteiger partial charge is 0.123 e. The highest BCUT2D eigenvalue weighted by atomic mass is 19.1. The first-order valence-corrected chi connectivity index (χ1v) is 6.72. The average Bonchev–Trinajstić information content (AvgIpc) is 2.73. The summed E-state index contributed by atoms with van der Waals surface area (Å²) in [6.07, 6.45) is 1.39. The van der Waals surface area contributed by atoms with Crippen LogP contribution in [0.25, 0.3) is 0 Å². The van der Waals surface area contributed by atoms with E-state index in [1.165, 1.54) is 5.56 Å². The van der Waals surface area contributed by atoms with Gasteiger partial charge < -0.3 is 10.1 Å². The maximum absolute atomic E-state index is 13.2. The van der Waals surface area contributed by atoms with Crippen LogP contribution in [0.5, 0.6) is 0 Å². The highest BCUT2D eigenvalue weighted by Crippen LogP contribution is 2.33. The fourth-order valence-corrected chi connectivity index (χ4v) is 2.82. The van der Waals surface area contributed by atoms with Gasteiger partial charge in [-0.15, -0.1) is 0 Å². The van der Waals surface area contributed by atoms with Gasteiger partial charge in [0.05, 0.1) is 12.7 Å². The van der Waals surface area contributed by atoms with E-state index in [1.54, 1.807) is 12.1 Å². The lowest BCUT2D eigenvalue weighted by Crippen LogP contribution is -2.29. The minimum absolute atomic E-state index is 0.164. The molecule has 3 heteroatoms. The first-order chi connectivity index (χ1) is 8.61. The van der Waals surface area contributed by atoms with E-state index < -0.39 is 0 Å². The van der Waals surface area contributed by atoms with Crippen LogP contribution < -0.4 is 5.32 Å². The summed E-state index contributed by atoms with van der Waals surface area (Å²) in [7, 11) is 0. The summed E-state index contributed by atoms with van der Waals surface area (Å²) in [5.41, 5.74) is 2.21. The Morgan fingerprint density at radius 2 is 2.28 bits per heavy atom. The summed E-state index contributed by atoms with van der Waals surface area (Å²) >= 11 is 0. The van der Waals surface area contributed by atoms with Crippen molar-refractivity contribution in [3.63, 3.8) is 0 Å². The van der Waals surface area contributed by atoms with Crippen molar-refractivity contribution in [1.29, 1.82) is 0 Å². The summed E-state index contributed by atoms with van der Waals surface area (Å²) in [4.78, 5) is 0. The molecule has 3 unspecified atom stereocenters. The van der Waals surface area contributed by atoms with Crippen LogP contribution >= 0.6 is 0 Å². The van der Waals surface area contributed by atoms with E-state index in [2.05, 4.69) is 19.2 Å². The molecule has 1 aromatic rings. The van der Waals surface area contributed by atoms with Gasteiger partial charge in [-0.3, -0.25) is 0 Å². The summed E-state index contributed by atoms with van der Waals surface area (Å²) < 4.78 is 18.9. The summed E-state index contributed by atoms with van der Waals surface area (Å²) in [6, 6.07) is 5.33. The van der Waals surface area contributed by atoms with Gasteiger partial charge in [0.2, 0.25) is 0 Å². The number of nitrogens with one attached hydrogen (secondary N) is 1. The van der Waals surface area contributed by atoms with Gasteiger partial charge in [0.1, 0.15) is 5.82 Å². The Labute approximate surface area is 109 Å². The molecule has 1 aliphatic heterocycles. The van der Waals surface area contributed by atoms with E-state index in [1.807, 2.05) is 13.0 Å². The highest BCUT2D eigenvalue weighted by molar-refractivity contribution is 5.30. The number of halogens is 1. The molecule has 0 saturated carbocycles. The first kappa shape index (κ1) is 13.5. The van der Waals surface area contributed by atoms with Crippen molar-refractivity contribution in [2.24, 2.45) is 5.92 Å². The van der Waals surface area contributed by atoms with Crippen molar-refractivity contribution in [2.45, 2.75) is 39.3 Å². The molecule has 0 aromatic heterocycles. The number of benzene rings is 1. The van der Waals surface area contributed by atoms with Crippen LogP contribution in [0, 0.1) is 18.7 Å². The van der Waals surface area contributed by atoms with Crippen molar-refractivity contribution < 1.29 is 9.13 Å². The molecule has 1 N–H and O–H groups in total. The molecule has 0 bridgehead atoms. The Hall–Kier alpha value is -0.930. The molecule has 3 atom stereocenters. The normalized spacial score (nSPS) is 25.3. The molecule has 1 saturated heterocycles. The molecule has 2 rings (SSSR count). The Morgan fingerprint density at radius 3 is 2.83 bits per heavy atom. The zero-order valence-electron chi connectivity index (χ0n) is 11.4. The molecule has 0 aliphatic carbocycles. The van der Waals surface area contributed by atoms with Crippen molar-refractivity contribution in [3.8, 4) is 0 Å². The standard InChI is InChI=1S/C15H22FNO/c1-4-17-15(12-8-11(3)18-9-12)14-6-5-13(16)7-10(14)2/h5-7,11-12,15,17H,4,8-9H2,1-3H3. The summed E-state index contributed by atoms with van der Waals surface area (Å²) in [5, 5.41) is 3.52.